The largest absolute Gasteiger partial charge is 0.380 e. The minimum atomic E-state index is -0.488. The smallest absolute Gasteiger partial charge is 0.254 e. The van der Waals surface area contributed by atoms with Gasteiger partial charge in [0.25, 0.3) is 5.91 Å². The summed E-state index contributed by atoms with van der Waals surface area (Å²) in [4.78, 5) is 27.1. The van der Waals surface area contributed by atoms with Gasteiger partial charge in [0.2, 0.25) is 5.91 Å². The van der Waals surface area contributed by atoms with E-state index < -0.39 is 6.04 Å². The van der Waals surface area contributed by atoms with Crippen LogP contribution in [0.2, 0.25) is 10.0 Å². The van der Waals surface area contributed by atoms with Crippen molar-refractivity contribution in [3.8, 4) is 0 Å². The molecule has 1 aliphatic heterocycles. The predicted molar refractivity (Wildman–Crippen MR) is 110 cm³/mol. The van der Waals surface area contributed by atoms with Crippen molar-refractivity contribution in [3.05, 3.63) is 69.2 Å². The molecule has 148 valence electrons. The summed E-state index contributed by atoms with van der Waals surface area (Å²) in [7, 11) is 1.65. The first-order valence-electron chi connectivity index (χ1n) is 9.09. The van der Waals surface area contributed by atoms with Gasteiger partial charge in [-0.1, -0.05) is 47.5 Å². The fourth-order valence-corrected chi connectivity index (χ4v) is 3.88. The van der Waals surface area contributed by atoms with Crippen molar-refractivity contribution in [1.29, 1.82) is 0 Å². The fourth-order valence-electron chi connectivity index (χ4n) is 3.35. The monoisotopic (exact) mass is 420 g/mol. The maximum atomic E-state index is 12.9. The lowest BCUT2D eigenvalue weighted by Gasteiger charge is -2.24. The van der Waals surface area contributed by atoms with Crippen LogP contribution in [0.3, 0.4) is 0 Å². The number of carbonyl (C=O) groups is 2. The minimum Gasteiger partial charge on any atom is -0.380 e. The summed E-state index contributed by atoms with van der Waals surface area (Å²) in [5, 5.41) is 3.73. The normalized spacial score (nSPS) is 16.2. The highest BCUT2D eigenvalue weighted by Crippen LogP contribution is 2.24. The summed E-state index contributed by atoms with van der Waals surface area (Å²) in [5.74, 6) is -0.383. The van der Waals surface area contributed by atoms with Gasteiger partial charge in [0.1, 0.15) is 6.04 Å². The zero-order chi connectivity index (χ0) is 20.1. The quantitative estimate of drug-likeness (QED) is 0.766. The van der Waals surface area contributed by atoms with E-state index in [0.717, 1.165) is 17.5 Å². The van der Waals surface area contributed by atoms with E-state index >= 15 is 0 Å². The summed E-state index contributed by atoms with van der Waals surface area (Å²) >= 11 is 12.0. The first-order chi connectivity index (χ1) is 13.5. The summed E-state index contributed by atoms with van der Waals surface area (Å²) in [5.41, 5.74) is 2.46. The average Bonchev–Trinajstić information content (AvgIpc) is 3.16. The van der Waals surface area contributed by atoms with Crippen molar-refractivity contribution < 1.29 is 14.3 Å². The number of benzene rings is 2. The molecule has 1 fully saturated rings. The van der Waals surface area contributed by atoms with E-state index in [1.54, 1.807) is 30.2 Å². The zero-order valence-corrected chi connectivity index (χ0v) is 17.1. The maximum Gasteiger partial charge on any atom is 0.254 e. The third-order valence-electron chi connectivity index (χ3n) is 4.73. The van der Waals surface area contributed by atoms with E-state index in [9.17, 15) is 9.59 Å². The lowest BCUT2D eigenvalue weighted by molar-refractivity contribution is -0.125. The number of nitrogens with zero attached hydrogens (tertiary/aromatic N) is 1. The molecular formula is C21H22Cl2N2O3. The molecule has 5 nitrogen and oxygen atoms in total. The van der Waals surface area contributed by atoms with E-state index in [0.29, 0.717) is 41.7 Å². The highest BCUT2D eigenvalue weighted by Gasteiger charge is 2.34. The molecule has 2 amide bonds. The van der Waals surface area contributed by atoms with Crippen molar-refractivity contribution >= 4 is 35.0 Å². The number of halogens is 2. The zero-order valence-electron chi connectivity index (χ0n) is 15.6. The van der Waals surface area contributed by atoms with Gasteiger partial charge >= 0.3 is 0 Å². The second-order valence-corrected chi connectivity index (χ2v) is 7.65. The summed E-state index contributed by atoms with van der Waals surface area (Å²) < 4.78 is 5.10. The number of amides is 2. The Morgan fingerprint density at radius 3 is 2.39 bits per heavy atom. The van der Waals surface area contributed by atoms with Crippen LogP contribution in [0.4, 0.5) is 0 Å². The first-order valence-corrected chi connectivity index (χ1v) is 9.85. The van der Waals surface area contributed by atoms with Gasteiger partial charge in [-0.25, -0.2) is 0 Å². The molecule has 2 aromatic rings. The Morgan fingerprint density at radius 1 is 1.11 bits per heavy atom. The van der Waals surface area contributed by atoms with Gasteiger partial charge in [-0.3, -0.25) is 9.59 Å². The molecule has 28 heavy (non-hydrogen) atoms. The van der Waals surface area contributed by atoms with Gasteiger partial charge in [0, 0.05) is 35.8 Å². The van der Waals surface area contributed by atoms with Gasteiger partial charge in [0.15, 0.2) is 0 Å². The standard InChI is InChI=1S/C21H22Cl2N2O3/c1-28-13-15-6-4-14(5-7-15)12-24-20(26)19-3-2-8-25(19)21(27)16-9-17(22)11-18(23)10-16/h4-7,9-11,19H,2-3,8,12-13H2,1H3,(H,24,26). The van der Waals surface area contributed by atoms with E-state index in [2.05, 4.69) is 5.32 Å². The third-order valence-corrected chi connectivity index (χ3v) is 5.16. The van der Waals surface area contributed by atoms with Crippen LogP contribution in [0.5, 0.6) is 0 Å². The molecule has 0 spiro atoms. The summed E-state index contributed by atoms with van der Waals surface area (Å²) in [6.45, 7) is 1.50. The van der Waals surface area contributed by atoms with Gasteiger partial charge in [-0.2, -0.15) is 0 Å². The molecule has 1 atom stereocenters. The van der Waals surface area contributed by atoms with Crippen LogP contribution in [0.1, 0.15) is 34.3 Å². The number of hydrogen-bond donors (Lipinski definition) is 1. The molecule has 0 aromatic heterocycles. The topological polar surface area (TPSA) is 58.6 Å². The number of nitrogens with one attached hydrogen (secondary N) is 1. The summed E-state index contributed by atoms with van der Waals surface area (Å²) in [6.07, 6.45) is 1.42. The number of rotatable bonds is 6. The van der Waals surface area contributed by atoms with E-state index in [1.165, 1.54) is 0 Å². The molecule has 0 bridgehead atoms. The van der Waals surface area contributed by atoms with Crippen LogP contribution in [0, 0.1) is 0 Å². The molecule has 1 N–H and O–H groups in total. The Morgan fingerprint density at radius 2 is 1.75 bits per heavy atom. The van der Waals surface area contributed by atoms with Crippen LogP contribution in [0.25, 0.3) is 0 Å². The number of ether oxygens (including phenoxy) is 1. The van der Waals surface area contributed by atoms with Crippen molar-refractivity contribution in [2.75, 3.05) is 13.7 Å². The Labute approximate surface area is 174 Å². The molecule has 0 aliphatic carbocycles. The Hall–Kier alpha value is -2.08. The van der Waals surface area contributed by atoms with Crippen LogP contribution in [-0.4, -0.2) is 36.4 Å². The molecule has 1 heterocycles. The van der Waals surface area contributed by atoms with Gasteiger partial charge in [-0.05, 0) is 42.2 Å². The number of likely N-dealkylation sites (tertiary alicyclic amines) is 1. The number of carbonyl (C=O) groups excluding carboxylic acids is 2. The number of methoxy groups -OCH3 is 1. The van der Waals surface area contributed by atoms with Gasteiger partial charge < -0.3 is 15.0 Å². The van der Waals surface area contributed by atoms with Crippen LogP contribution in [-0.2, 0) is 22.7 Å². The molecule has 1 saturated heterocycles. The van der Waals surface area contributed by atoms with E-state index in [1.807, 2.05) is 24.3 Å². The van der Waals surface area contributed by atoms with Crippen molar-refractivity contribution in [3.63, 3.8) is 0 Å². The molecular weight excluding hydrogens is 399 g/mol. The minimum absolute atomic E-state index is 0.153. The van der Waals surface area contributed by atoms with Crippen molar-refractivity contribution in [2.45, 2.75) is 32.0 Å². The molecule has 1 unspecified atom stereocenters. The molecule has 0 radical (unpaired) electrons. The second kappa shape index (κ2) is 9.41. The van der Waals surface area contributed by atoms with Crippen molar-refractivity contribution in [1.82, 2.24) is 10.2 Å². The number of hydrogen-bond acceptors (Lipinski definition) is 3. The SMILES string of the molecule is COCc1ccc(CNC(=O)C2CCCN2C(=O)c2cc(Cl)cc(Cl)c2)cc1. The predicted octanol–water partition coefficient (Wildman–Crippen LogP) is 4.06. The van der Waals surface area contributed by atoms with Gasteiger partial charge in [0.05, 0.1) is 6.61 Å². The molecule has 7 heteroatoms. The fraction of sp³-hybridized carbons (Fsp3) is 0.333. The maximum absolute atomic E-state index is 12.9. The van der Waals surface area contributed by atoms with Crippen molar-refractivity contribution in [2.24, 2.45) is 0 Å². The Balaban J connectivity index is 1.63. The molecule has 3 rings (SSSR count). The molecule has 0 saturated carbocycles. The van der Waals surface area contributed by atoms with Gasteiger partial charge in [-0.15, -0.1) is 0 Å². The van der Waals surface area contributed by atoms with Crippen LogP contribution in [0.15, 0.2) is 42.5 Å². The third kappa shape index (κ3) is 5.04. The Bertz CT molecular complexity index is 835. The first kappa shape index (κ1) is 20.6. The highest BCUT2D eigenvalue weighted by atomic mass is 35.5. The lowest BCUT2D eigenvalue weighted by Crippen LogP contribution is -2.45. The van der Waals surface area contributed by atoms with E-state index in [-0.39, 0.29) is 11.8 Å². The van der Waals surface area contributed by atoms with E-state index in [4.69, 9.17) is 27.9 Å². The molecule has 1 aliphatic rings. The average molecular weight is 421 g/mol. The summed E-state index contributed by atoms with van der Waals surface area (Å²) in [6, 6.07) is 12.1. The van der Waals surface area contributed by atoms with Crippen LogP contribution >= 0.6 is 23.2 Å². The van der Waals surface area contributed by atoms with Crippen LogP contribution < -0.4 is 5.32 Å². The molecule has 2 aromatic carbocycles. The Kier molecular flexibility index (Phi) is 6.94. The highest BCUT2D eigenvalue weighted by molar-refractivity contribution is 6.35. The lowest BCUT2D eigenvalue weighted by atomic mass is 10.1. The second-order valence-electron chi connectivity index (χ2n) is 6.78.